The smallest absolute Gasteiger partial charge is 0.299 e. The lowest BCUT2D eigenvalue weighted by Gasteiger charge is -2.15. The van der Waals surface area contributed by atoms with Gasteiger partial charge < -0.3 is 0 Å². The zero-order valence-corrected chi connectivity index (χ0v) is 11.4. The van der Waals surface area contributed by atoms with E-state index in [-0.39, 0.29) is 6.54 Å². The molecular formula is C14H13N3O3. The minimum atomic E-state index is -0.531. The van der Waals surface area contributed by atoms with Crippen LogP contribution in [-0.2, 0) is 11.3 Å². The molecule has 0 saturated carbocycles. The molecule has 1 aliphatic rings. The van der Waals surface area contributed by atoms with E-state index < -0.39 is 11.7 Å². The van der Waals surface area contributed by atoms with Gasteiger partial charge in [-0.15, -0.1) is 0 Å². The van der Waals surface area contributed by atoms with Crippen LogP contribution in [0.1, 0.15) is 32.9 Å². The average molecular weight is 271 g/mol. The first-order chi connectivity index (χ1) is 9.49. The molecule has 6 heteroatoms. The Bertz CT molecular complexity index is 733. The van der Waals surface area contributed by atoms with Crippen molar-refractivity contribution in [1.29, 1.82) is 0 Å². The number of carbonyl (C=O) groups is 2. The second-order valence-corrected chi connectivity index (χ2v) is 4.99. The fourth-order valence-electron chi connectivity index (χ4n) is 2.49. The normalized spacial score (nSPS) is 14.1. The van der Waals surface area contributed by atoms with Crippen LogP contribution >= 0.6 is 0 Å². The summed E-state index contributed by atoms with van der Waals surface area (Å²) < 4.78 is 4.63. The van der Waals surface area contributed by atoms with Crippen molar-refractivity contribution >= 4 is 17.4 Å². The Morgan fingerprint density at radius 3 is 2.55 bits per heavy atom. The summed E-state index contributed by atoms with van der Waals surface area (Å²) >= 11 is 0. The summed E-state index contributed by atoms with van der Waals surface area (Å²) in [5.41, 5.74) is 4.11. The molecule has 20 heavy (non-hydrogen) atoms. The van der Waals surface area contributed by atoms with Gasteiger partial charge in [-0.1, -0.05) is 16.4 Å². The lowest BCUT2D eigenvalue weighted by Crippen LogP contribution is -2.29. The summed E-state index contributed by atoms with van der Waals surface area (Å²) in [6.45, 7) is 5.71. The van der Waals surface area contributed by atoms with Gasteiger partial charge in [-0.05, 0) is 38.0 Å². The third-order valence-electron chi connectivity index (χ3n) is 3.47. The van der Waals surface area contributed by atoms with Gasteiger partial charge in [-0.2, -0.15) is 0 Å². The monoisotopic (exact) mass is 271 g/mol. The predicted molar refractivity (Wildman–Crippen MR) is 70.5 cm³/mol. The molecule has 2 aromatic rings. The van der Waals surface area contributed by atoms with Crippen LogP contribution in [0, 0.1) is 20.8 Å². The van der Waals surface area contributed by atoms with Crippen molar-refractivity contribution < 1.29 is 14.2 Å². The Labute approximate surface area is 115 Å². The van der Waals surface area contributed by atoms with E-state index in [1.807, 2.05) is 26.0 Å². The Kier molecular flexibility index (Phi) is 2.67. The van der Waals surface area contributed by atoms with Crippen LogP contribution < -0.4 is 4.90 Å². The van der Waals surface area contributed by atoms with Crippen molar-refractivity contribution in [3.05, 3.63) is 40.2 Å². The molecule has 0 N–H and O–H groups in total. The van der Waals surface area contributed by atoms with Crippen LogP contribution in [0.5, 0.6) is 0 Å². The molecule has 0 unspecified atom stereocenters. The lowest BCUT2D eigenvalue weighted by atomic mass is 10.0. The molecule has 1 aromatic heterocycles. The SMILES string of the molecule is Cc1cc(C)c2c(c1)N(Cc1nonc1C)C(=O)C2=O. The molecule has 0 aliphatic carbocycles. The summed E-state index contributed by atoms with van der Waals surface area (Å²) in [6.07, 6.45) is 0. The first-order valence-electron chi connectivity index (χ1n) is 6.24. The highest BCUT2D eigenvalue weighted by Crippen LogP contribution is 2.33. The van der Waals surface area contributed by atoms with Crippen molar-refractivity contribution in [3.63, 3.8) is 0 Å². The number of ketones is 1. The number of anilines is 1. The molecule has 2 heterocycles. The second-order valence-electron chi connectivity index (χ2n) is 4.99. The van der Waals surface area contributed by atoms with Crippen molar-refractivity contribution in [3.8, 4) is 0 Å². The van der Waals surface area contributed by atoms with Crippen LogP contribution in [-0.4, -0.2) is 22.0 Å². The number of fused-ring (bicyclic) bond motifs is 1. The van der Waals surface area contributed by atoms with E-state index in [0.717, 1.165) is 11.1 Å². The maximum Gasteiger partial charge on any atom is 0.299 e. The predicted octanol–water partition coefficient (Wildman–Crippen LogP) is 1.72. The standard InChI is InChI=1S/C14H13N3O3/c1-7-4-8(2)12-11(5-7)17(14(19)13(12)18)6-10-9(3)15-20-16-10/h4-5H,6H2,1-3H3. The topological polar surface area (TPSA) is 76.3 Å². The minimum absolute atomic E-state index is 0.190. The van der Waals surface area contributed by atoms with E-state index >= 15 is 0 Å². The number of benzene rings is 1. The summed E-state index contributed by atoms with van der Waals surface area (Å²) in [5, 5.41) is 7.45. The molecule has 0 atom stereocenters. The molecule has 0 spiro atoms. The van der Waals surface area contributed by atoms with Gasteiger partial charge in [0.15, 0.2) is 0 Å². The number of aryl methyl sites for hydroxylation is 3. The van der Waals surface area contributed by atoms with Gasteiger partial charge in [0, 0.05) is 0 Å². The minimum Gasteiger partial charge on any atom is -0.299 e. The molecule has 0 bridgehead atoms. The van der Waals surface area contributed by atoms with Crippen molar-refractivity contribution in [2.75, 3.05) is 4.90 Å². The molecule has 102 valence electrons. The number of hydrogen-bond donors (Lipinski definition) is 0. The van der Waals surface area contributed by atoms with Crippen LogP contribution in [0.4, 0.5) is 5.69 Å². The maximum atomic E-state index is 12.2. The molecule has 6 nitrogen and oxygen atoms in total. The third-order valence-corrected chi connectivity index (χ3v) is 3.47. The lowest BCUT2D eigenvalue weighted by molar-refractivity contribution is -0.114. The summed E-state index contributed by atoms with van der Waals surface area (Å²) in [4.78, 5) is 25.7. The van der Waals surface area contributed by atoms with Gasteiger partial charge in [0.1, 0.15) is 11.4 Å². The molecule has 1 aromatic carbocycles. The Hall–Kier alpha value is -2.50. The highest BCUT2D eigenvalue weighted by Gasteiger charge is 2.37. The van der Waals surface area contributed by atoms with Crippen molar-refractivity contribution in [2.24, 2.45) is 0 Å². The highest BCUT2D eigenvalue weighted by atomic mass is 16.6. The zero-order chi connectivity index (χ0) is 14.4. The quantitative estimate of drug-likeness (QED) is 0.777. The zero-order valence-electron chi connectivity index (χ0n) is 11.4. The number of amides is 1. The molecule has 0 radical (unpaired) electrons. The van der Waals surface area contributed by atoms with Gasteiger partial charge in [0.25, 0.3) is 11.7 Å². The molecule has 0 saturated heterocycles. The number of carbonyl (C=O) groups excluding carboxylic acids is 2. The van der Waals surface area contributed by atoms with Gasteiger partial charge in [0.2, 0.25) is 0 Å². The summed E-state index contributed by atoms with van der Waals surface area (Å²) in [6, 6.07) is 3.74. The van der Waals surface area contributed by atoms with Crippen LogP contribution in [0.2, 0.25) is 0 Å². The third kappa shape index (κ3) is 1.72. The van der Waals surface area contributed by atoms with Crippen LogP contribution in [0.25, 0.3) is 0 Å². The van der Waals surface area contributed by atoms with E-state index in [2.05, 4.69) is 14.9 Å². The van der Waals surface area contributed by atoms with Gasteiger partial charge in [-0.3, -0.25) is 14.5 Å². The first kappa shape index (κ1) is 12.5. The highest BCUT2D eigenvalue weighted by molar-refractivity contribution is 6.52. The van der Waals surface area contributed by atoms with Gasteiger partial charge >= 0.3 is 0 Å². The second kappa shape index (κ2) is 4.26. The number of hydrogen-bond acceptors (Lipinski definition) is 5. The van der Waals surface area contributed by atoms with Crippen molar-refractivity contribution in [2.45, 2.75) is 27.3 Å². The summed E-state index contributed by atoms with van der Waals surface area (Å²) in [7, 11) is 0. The fraction of sp³-hybridized carbons (Fsp3) is 0.286. The fourth-order valence-corrected chi connectivity index (χ4v) is 2.49. The maximum absolute atomic E-state index is 12.2. The van der Waals surface area contributed by atoms with E-state index in [9.17, 15) is 9.59 Å². The number of nitrogens with zero attached hydrogens (tertiary/aromatic N) is 3. The largest absolute Gasteiger partial charge is 0.299 e. The van der Waals surface area contributed by atoms with E-state index in [0.29, 0.717) is 22.6 Å². The molecule has 3 rings (SSSR count). The Morgan fingerprint density at radius 2 is 1.90 bits per heavy atom. The average Bonchev–Trinajstić information content (AvgIpc) is 2.87. The number of Topliss-reactive ketones (excluding diaryl/α,β-unsaturated/α-hetero) is 1. The Morgan fingerprint density at radius 1 is 1.15 bits per heavy atom. The van der Waals surface area contributed by atoms with Crippen LogP contribution in [0.15, 0.2) is 16.8 Å². The molecule has 0 fully saturated rings. The summed E-state index contributed by atoms with van der Waals surface area (Å²) in [5.74, 6) is -0.997. The Balaban J connectivity index is 2.09. The van der Waals surface area contributed by atoms with Gasteiger partial charge in [-0.25, -0.2) is 4.63 Å². The van der Waals surface area contributed by atoms with E-state index in [1.54, 1.807) is 6.92 Å². The van der Waals surface area contributed by atoms with E-state index in [4.69, 9.17) is 0 Å². The molecule has 1 amide bonds. The van der Waals surface area contributed by atoms with E-state index in [1.165, 1.54) is 4.90 Å². The first-order valence-corrected chi connectivity index (χ1v) is 6.24. The molecule has 1 aliphatic heterocycles. The van der Waals surface area contributed by atoms with Crippen LogP contribution in [0.3, 0.4) is 0 Å². The van der Waals surface area contributed by atoms with Gasteiger partial charge in [0.05, 0.1) is 17.8 Å². The number of rotatable bonds is 2. The van der Waals surface area contributed by atoms with Crippen molar-refractivity contribution in [1.82, 2.24) is 10.3 Å². The number of aromatic nitrogens is 2. The molecular weight excluding hydrogens is 258 g/mol.